The number of nitrogens with one attached hydrogen (secondary N) is 1. The predicted molar refractivity (Wildman–Crippen MR) is 128 cm³/mol. The molecule has 7 heteroatoms. The summed E-state index contributed by atoms with van der Waals surface area (Å²) in [6.45, 7) is 6.77. The number of anilines is 1. The molecule has 0 aliphatic rings. The smallest absolute Gasteiger partial charge is 0.234 e. The minimum Gasteiger partial charge on any atom is -0.467 e. The molecule has 2 heterocycles. The molecule has 0 aliphatic heterocycles. The number of nitrogens with zero attached hydrogens (tertiary/aromatic N) is 3. The highest BCUT2D eigenvalue weighted by Crippen LogP contribution is 2.27. The number of rotatable bonds is 8. The average molecular weight is 447 g/mol. The van der Waals surface area contributed by atoms with E-state index in [1.54, 1.807) is 6.26 Å². The summed E-state index contributed by atoms with van der Waals surface area (Å²) in [5, 5.41) is 12.5. The van der Waals surface area contributed by atoms with Gasteiger partial charge in [0.1, 0.15) is 5.76 Å². The maximum absolute atomic E-state index is 12.7. The van der Waals surface area contributed by atoms with E-state index in [2.05, 4.69) is 35.4 Å². The molecular formula is C25H26N4O2S. The summed E-state index contributed by atoms with van der Waals surface area (Å²) in [5.74, 6) is 2.03. The Labute approximate surface area is 192 Å². The number of furan rings is 1. The zero-order valence-electron chi connectivity index (χ0n) is 18.4. The Balaban J connectivity index is 1.54. The second-order valence-corrected chi connectivity index (χ2v) is 8.86. The van der Waals surface area contributed by atoms with Crippen molar-refractivity contribution in [2.75, 3.05) is 11.1 Å². The van der Waals surface area contributed by atoms with Gasteiger partial charge in [-0.3, -0.25) is 9.36 Å². The van der Waals surface area contributed by atoms with Crippen LogP contribution in [-0.4, -0.2) is 26.4 Å². The van der Waals surface area contributed by atoms with E-state index in [-0.39, 0.29) is 11.7 Å². The number of thioether (sulfide) groups is 1. The van der Waals surface area contributed by atoms with Crippen molar-refractivity contribution in [2.24, 2.45) is 0 Å². The molecule has 0 spiro atoms. The highest BCUT2D eigenvalue weighted by molar-refractivity contribution is 7.99. The fourth-order valence-corrected chi connectivity index (χ4v) is 4.26. The van der Waals surface area contributed by atoms with Gasteiger partial charge in [0.25, 0.3) is 0 Å². The van der Waals surface area contributed by atoms with Crippen LogP contribution in [0.5, 0.6) is 0 Å². The number of hydrogen-bond acceptors (Lipinski definition) is 5. The third-order valence-electron chi connectivity index (χ3n) is 5.08. The largest absolute Gasteiger partial charge is 0.467 e. The van der Waals surface area contributed by atoms with E-state index >= 15 is 0 Å². The minimum absolute atomic E-state index is 0.0762. The van der Waals surface area contributed by atoms with Gasteiger partial charge in [-0.1, -0.05) is 67.6 Å². The zero-order valence-corrected chi connectivity index (χ0v) is 19.2. The van der Waals surface area contributed by atoms with Gasteiger partial charge in [0, 0.05) is 11.3 Å². The molecule has 0 bridgehead atoms. The van der Waals surface area contributed by atoms with Gasteiger partial charge in [0.15, 0.2) is 11.0 Å². The number of benzene rings is 2. The van der Waals surface area contributed by atoms with Crippen molar-refractivity contribution in [1.82, 2.24) is 14.8 Å². The van der Waals surface area contributed by atoms with Crippen LogP contribution < -0.4 is 5.32 Å². The molecule has 6 nitrogen and oxygen atoms in total. The van der Waals surface area contributed by atoms with Crippen LogP contribution in [0, 0.1) is 6.92 Å². The number of carbonyl (C=O) groups excluding carboxylic acids is 1. The molecule has 0 fully saturated rings. The van der Waals surface area contributed by atoms with Gasteiger partial charge in [-0.25, -0.2) is 0 Å². The van der Waals surface area contributed by atoms with Gasteiger partial charge in [-0.05, 0) is 42.7 Å². The third-order valence-corrected chi connectivity index (χ3v) is 6.04. The normalized spacial score (nSPS) is 11.1. The Morgan fingerprint density at radius 1 is 1.09 bits per heavy atom. The van der Waals surface area contributed by atoms with Gasteiger partial charge >= 0.3 is 0 Å². The number of carbonyl (C=O) groups is 1. The monoisotopic (exact) mass is 446 g/mol. The van der Waals surface area contributed by atoms with E-state index in [1.165, 1.54) is 11.8 Å². The standard InChI is InChI=1S/C25H26N4O2S/c1-17(2)21-11-4-5-12-22(21)26-23(30)16-32-25-28-27-24(19-9-6-8-18(3)14-19)29(25)15-20-10-7-13-31-20/h4-14,17H,15-16H2,1-3H3,(H,26,30). The molecule has 0 saturated carbocycles. The lowest BCUT2D eigenvalue weighted by Crippen LogP contribution is -2.16. The van der Waals surface area contributed by atoms with Crippen molar-refractivity contribution < 1.29 is 9.21 Å². The van der Waals surface area contributed by atoms with E-state index in [9.17, 15) is 4.79 Å². The average Bonchev–Trinajstić information content (AvgIpc) is 3.43. The van der Waals surface area contributed by atoms with E-state index in [1.807, 2.05) is 66.1 Å². The first-order valence-corrected chi connectivity index (χ1v) is 11.5. The van der Waals surface area contributed by atoms with Gasteiger partial charge < -0.3 is 9.73 Å². The summed E-state index contributed by atoms with van der Waals surface area (Å²) in [6.07, 6.45) is 1.65. The molecule has 0 radical (unpaired) electrons. The molecule has 0 atom stereocenters. The molecule has 0 aliphatic carbocycles. The molecule has 1 amide bonds. The molecule has 0 saturated heterocycles. The fourth-order valence-electron chi connectivity index (χ4n) is 3.52. The Morgan fingerprint density at radius 3 is 2.69 bits per heavy atom. The van der Waals surface area contributed by atoms with Crippen molar-refractivity contribution in [3.8, 4) is 11.4 Å². The van der Waals surface area contributed by atoms with E-state index in [4.69, 9.17) is 4.42 Å². The number of aryl methyl sites for hydroxylation is 1. The first-order valence-electron chi connectivity index (χ1n) is 10.6. The number of aromatic nitrogens is 3. The Morgan fingerprint density at radius 2 is 1.94 bits per heavy atom. The molecule has 164 valence electrons. The van der Waals surface area contributed by atoms with E-state index < -0.39 is 0 Å². The quantitative estimate of drug-likeness (QED) is 0.349. The number of amides is 1. The van der Waals surface area contributed by atoms with E-state index in [0.29, 0.717) is 17.6 Å². The van der Waals surface area contributed by atoms with Crippen LogP contribution >= 0.6 is 11.8 Å². The zero-order chi connectivity index (χ0) is 22.5. The topological polar surface area (TPSA) is 73.0 Å². The lowest BCUT2D eigenvalue weighted by Gasteiger charge is -2.13. The minimum atomic E-state index is -0.0762. The molecule has 2 aromatic carbocycles. The predicted octanol–water partition coefficient (Wildman–Crippen LogP) is 5.75. The highest BCUT2D eigenvalue weighted by Gasteiger charge is 2.18. The Kier molecular flexibility index (Phi) is 6.75. The second-order valence-electron chi connectivity index (χ2n) is 7.92. The fraction of sp³-hybridized carbons (Fsp3) is 0.240. The van der Waals surface area contributed by atoms with Crippen LogP contribution in [0.4, 0.5) is 5.69 Å². The molecule has 4 rings (SSSR count). The Hall–Kier alpha value is -3.32. The van der Waals surface area contributed by atoms with Crippen molar-refractivity contribution in [3.05, 3.63) is 83.8 Å². The number of hydrogen-bond donors (Lipinski definition) is 1. The van der Waals surface area contributed by atoms with E-state index in [0.717, 1.165) is 34.0 Å². The molecule has 4 aromatic rings. The van der Waals surface area contributed by atoms with Crippen molar-refractivity contribution >= 4 is 23.4 Å². The van der Waals surface area contributed by atoms with Crippen LogP contribution in [0.25, 0.3) is 11.4 Å². The van der Waals surface area contributed by atoms with Crippen LogP contribution in [0.3, 0.4) is 0 Å². The summed E-state index contributed by atoms with van der Waals surface area (Å²) in [6, 6.07) is 19.8. The summed E-state index contributed by atoms with van der Waals surface area (Å²) >= 11 is 1.37. The number of para-hydroxylation sites is 1. The molecule has 2 aromatic heterocycles. The first-order chi connectivity index (χ1) is 15.5. The Bertz CT molecular complexity index is 1200. The molecule has 1 N–H and O–H groups in total. The summed E-state index contributed by atoms with van der Waals surface area (Å²) in [4.78, 5) is 12.7. The van der Waals surface area contributed by atoms with Gasteiger partial charge in [-0.15, -0.1) is 10.2 Å². The first kappa shape index (κ1) is 21.9. The van der Waals surface area contributed by atoms with Gasteiger partial charge in [0.05, 0.1) is 18.6 Å². The second kappa shape index (κ2) is 9.87. The van der Waals surface area contributed by atoms with Crippen molar-refractivity contribution in [1.29, 1.82) is 0 Å². The van der Waals surface area contributed by atoms with Crippen LogP contribution in [0.2, 0.25) is 0 Å². The van der Waals surface area contributed by atoms with Crippen LogP contribution in [-0.2, 0) is 11.3 Å². The molecular weight excluding hydrogens is 420 g/mol. The van der Waals surface area contributed by atoms with Crippen molar-refractivity contribution in [3.63, 3.8) is 0 Å². The molecule has 32 heavy (non-hydrogen) atoms. The highest BCUT2D eigenvalue weighted by atomic mass is 32.2. The lowest BCUT2D eigenvalue weighted by atomic mass is 10.0. The maximum atomic E-state index is 12.7. The summed E-state index contributed by atoms with van der Waals surface area (Å²) in [5.41, 5.74) is 4.10. The molecule has 0 unspecified atom stereocenters. The third kappa shape index (κ3) is 5.11. The van der Waals surface area contributed by atoms with Gasteiger partial charge in [-0.2, -0.15) is 0 Å². The van der Waals surface area contributed by atoms with Gasteiger partial charge in [0.2, 0.25) is 5.91 Å². The van der Waals surface area contributed by atoms with Crippen molar-refractivity contribution in [2.45, 2.75) is 38.4 Å². The van der Waals surface area contributed by atoms with Crippen LogP contribution in [0.15, 0.2) is 76.5 Å². The van der Waals surface area contributed by atoms with Crippen LogP contribution in [0.1, 0.15) is 36.7 Å². The summed E-state index contributed by atoms with van der Waals surface area (Å²) in [7, 11) is 0. The SMILES string of the molecule is Cc1cccc(-c2nnc(SCC(=O)Nc3ccccc3C(C)C)n2Cc2ccco2)c1. The lowest BCUT2D eigenvalue weighted by molar-refractivity contribution is -0.113. The maximum Gasteiger partial charge on any atom is 0.234 e. The summed E-state index contributed by atoms with van der Waals surface area (Å²) < 4.78 is 7.55.